The summed E-state index contributed by atoms with van der Waals surface area (Å²) in [4.78, 5) is 8.64. The molecule has 0 fully saturated rings. The van der Waals surface area contributed by atoms with Gasteiger partial charge in [-0.25, -0.2) is 4.98 Å². The summed E-state index contributed by atoms with van der Waals surface area (Å²) in [5, 5.41) is 2.17. The van der Waals surface area contributed by atoms with Crippen molar-refractivity contribution >= 4 is 46.8 Å². The Morgan fingerprint density at radius 2 is 2.00 bits per heavy atom. The van der Waals surface area contributed by atoms with E-state index in [9.17, 15) is 0 Å². The molecule has 4 rings (SSSR count). The van der Waals surface area contributed by atoms with E-state index in [1.54, 1.807) is 6.20 Å². The first-order chi connectivity index (χ1) is 11.9. The van der Waals surface area contributed by atoms with E-state index in [4.69, 9.17) is 4.42 Å². The standard InChI is InChI=1S/C18H18N3O.Ag.HI/c1-2-3-10-20-11-12-21(13-20)16-8-4-6-14-15-7-5-9-19-18(15)22-17(14)16;;/h4-9,11-13H,2-3,10H2,1H3;;1H/q-1;+1;/p-1. The first-order valence-corrected chi connectivity index (χ1v) is 12.2. The second-order valence-electron chi connectivity index (χ2n) is 5.52. The molecule has 4 nitrogen and oxygen atoms in total. The van der Waals surface area contributed by atoms with E-state index in [2.05, 4.69) is 82.3 Å². The van der Waals surface area contributed by atoms with Gasteiger partial charge in [-0.3, -0.25) is 0 Å². The second-order valence-corrected chi connectivity index (χ2v) is 5.52. The van der Waals surface area contributed by atoms with Crippen LogP contribution in [0, 0.1) is 6.67 Å². The fraction of sp³-hybridized carbons (Fsp3) is 0.222. The van der Waals surface area contributed by atoms with Gasteiger partial charge >= 0.3 is 36.3 Å². The molecule has 0 saturated heterocycles. The average Bonchev–Trinajstić information content (AvgIpc) is 3.26. The van der Waals surface area contributed by atoms with E-state index < -0.39 is 0 Å². The number of halogens is 1. The minimum atomic E-state index is 0.691. The van der Waals surface area contributed by atoms with E-state index in [1.165, 1.54) is 12.8 Å². The number of rotatable bonds is 4. The van der Waals surface area contributed by atoms with E-state index in [-0.39, 0.29) is 0 Å². The number of hydrogen-bond acceptors (Lipinski definition) is 4. The monoisotopic (exact) mass is 526 g/mol. The van der Waals surface area contributed by atoms with Crippen LogP contribution in [0.15, 0.2) is 53.3 Å². The summed E-state index contributed by atoms with van der Waals surface area (Å²) >= 11 is 4.88. The van der Waals surface area contributed by atoms with Gasteiger partial charge in [-0.15, -0.1) is 0 Å². The molecule has 0 radical (unpaired) electrons. The van der Waals surface area contributed by atoms with Gasteiger partial charge in [0.25, 0.3) is 0 Å². The number of benzene rings is 1. The van der Waals surface area contributed by atoms with Crippen molar-refractivity contribution < 1.29 is 21.7 Å². The Morgan fingerprint density at radius 3 is 2.83 bits per heavy atom. The number of furan rings is 1. The molecule has 3 aromatic rings. The Morgan fingerprint density at radius 1 is 1.17 bits per heavy atom. The van der Waals surface area contributed by atoms with Crippen LogP contribution >= 0.6 is 19.0 Å². The fourth-order valence-electron chi connectivity index (χ4n) is 2.83. The molecule has 0 N–H and O–H groups in total. The number of anilines is 1. The zero-order chi connectivity index (χ0) is 16.9. The number of fused-ring (bicyclic) bond motifs is 3. The molecule has 0 spiro atoms. The van der Waals surface area contributed by atoms with Crippen molar-refractivity contribution in [1.29, 1.82) is 0 Å². The molecule has 6 heteroatoms. The molecule has 0 saturated carbocycles. The molecule has 2 aromatic heterocycles. The summed E-state index contributed by atoms with van der Waals surface area (Å²) < 4.78 is 5.99. The van der Waals surface area contributed by atoms with E-state index >= 15 is 0 Å². The Bertz CT molecular complexity index is 849. The van der Waals surface area contributed by atoms with Crippen molar-refractivity contribution in [3.8, 4) is 0 Å². The number of unbranched alkanes of at least 4 members (excludes halogenated alkanes) is 1. The number of hydrogen-bond donors (Lipinski definition) is 0. The quantitative estimate of drug-likeness (QED) is 0.260. The van der Waals surface area contributed by atoms with Gasteiger partial charge < -0.3 is 14.2 Å². The Balaban J connectivity index is 0.000000815. The molecule has 0 unspecified atom stereocenters. The van der Waals surface area contributed by atoms with Gasteiger partial charge in [0.2, 0.25) is 5.71 Å². The van der Waals surface area contributed by atoms with E-state index in [1.807, 2.05) is 25.1 Å². The summed E-state index contributed by atoms with van der Waals surface area (Å²) in [7, 11) is 0. The molecule has 0 atom stereocenters. The van der Waals surface area contributed by atoms with Crippen LogP contribution in [0.5, 0.6) is 0 Å². The average molecular weight is 527 g/mol. The van der Waals surface area contributed by atoms with Crippen molar-refractivity contribution in [2.45, 2.75) is 19.8 Å². The molecule has 0 bridgehead atoms. The summed E-state index contributed by atoms with van der Waals surface area (Å²) in [6.07, 6.45) is 8.33. The van der Waals surface area contributed by atoms with Crippen LogP contribution < -0.4 is 4.90 Å². The third-order valence-electron chi connectivity index (χ3n) is 3.99. The number of aromatic nitrogens is 1. The van der Waals surface area contributed by atoms with E-state index in [0.717, 1.165) is 28.6 Å². The zero-order valence-corrected chi connectivity index (χ0v) is 16.9. The molecule has 130 valence electrons. The summed E-state index contributed by atoms with van der Waals surface area (Å²) in [6.45, 7) is 5.37. The second kappa shape index (κ2) is 8.38. The van der Waals surface area contributed by atoms with Gasteiger partial charge in [0.05, 0.1) is 5.69 Å². The van der Waals surface area contributed by atoms with Crippen LogP contribution in [-0.2, 0) is 17.3 Å². The molecule has 1 aliphatic rings. The molecule has 3 heterocycles. The van der Waals surface area contributed by atoms with Crippen molar-refractivity contribution in [2.75, 3.05) is 11.4 Å². The molecule has 24 heavy (non-hydrogen) atoms. The Labute approximate surface area is 164 Å². The maximum atomic E-state index is 5.99. The van der Waals surface area contributed by atoms with Crippen molar-refractivity contribution in [3.05, 3.63) is 55.6 Å². The topological polar surface area (TPSA) is 32.5 Å². The SMILES string of the molecule is CCCCN1C=CN(c2cccc3c2oc2ncccc23)[CH-]1.[Ag][I]. The van der Waals surface area contributed by atoms with Gasteiger partial charge in [-0.2, -0.15) is 6.67 Å². The zero-order valence-electron chi connectivity index (χ0n) is 13.2. The number of pyridine rings is 1. The van der Waals surface area contributed by atoms with Crippen molar-refractivity contribution in [3.63, 3.8) is 0 Å². The summed E-state index contributed by atoms with van der Waals surface area (Å²) in [5.74, 6) is 0. The summed E-state index contributed by atoms with van der Waals surface area (Å²) in [5.41, 5.74) is 2.62. The Kier molecular flexibility index (Phi) is 6.21. The minimum absolute atomic E-state index is 0.691. The molecular formula is C18H18AgIN3O-. The first kappa shape index (κ1) is 17.8. The van der Waals surface area contributed by atoms with Crippen LogP contribution in [0.2, 0.25) is 0 Å². The van der Waals surface area contributed by atoms with Gasteiger partial charge in [0.15, 0.2) is 5.58 Å². The third-order valence-corrected chi connectivity index (χ3v) is 3.99. The molecule has 1 aliphatic heterocycles. The van der Waals surface area contributed by atoms with Gasteiger partial charge in [-0.05, 0) is 43.6 Å². The van der Waals surface area contributed by atoms with Crippen LogP contribution in [0.1, 0.15) is 19.8 Å². The predicted octanol–water partition coefficient (Wildman–Crippen LogP) is 5.38. The fourth-order valence-corrected chi connectivity index (χ4v) is 2.83. The maximum absolute atomic E-state index is 5.99. The first-order valence-electron chi connectivity index (χ1n) is 7.82. The third kappa shape index (κ3) is 3.49. The number of nitrogens with zero attached hydrogens (tertiary/aromatic N) is 3. The molecule has 1 aromatic carbocycles. The normalized spacial score (nSPS) is 13.7. The molecule has 0 aliphatic carbocycles. The molecular weight excluding hydrogens is 509 g/mol. The van der Waals surface area contributed by atoms with Gasteiger partial charge in [-0.1, -0.05) is 25.5 Å². The van der Waals surface area contributed by atoms with Gasteiger partial charge in [0.1, 0.15) is 0 Å². The predicted molar refractivity (Wildman–Crippen MR) is 103 cm³/mol. The van der Waals surface area contributed by atoms with E-state index in [0.29, 0.717) is 5.71 Å². The van der Waals surface area contributed by atoms with Crippen molar-refractivity contribution in [2.24, 2.45) is 0 Å². The van der Waals surface area contributed by atoms with Crippen LogP contribution in [0.3, 0.4) is 0 Å². The van der Waals surface area contributed by atoms with Crippen LogP contribution in [0.25, 0.3) is 22.1 Å². The van der Waals surface area contributed by atoms with Crippen molar-refractivity contribution in [1.82, 2.24) is 9.88 Å². The Hall–Kier alpha value is -1.02. The molecule has 0 amide bonds. The summed E-state index contributed by atoms with van der Waals surface area (Å²) in [6, 6.07) is 10.2. The van der Waals surface area contributed by atoms with Crippen LogP contribution in [-0.4, -0.2) is 16.4 Å². The number of para-hydroxylation sites is 1. The van der Waals surface area contributed by atoms with Crippen LogP contribution in [0.4, 0.5) is 5.69 Å². The van der Waals surface area contributed by atoms with Gasteiger partial charge in [0, 0.05) is 17.0 Å².